The fourth-order valence-corrected chi connectivity index (χ4v) is 4.42. The van der Waals surface area contributed by atoms with Crippen LogP contribution in [0.5, 0.6) is 0 Å². The smallest absolute Gasteiger partial charge is 0.220 e. The van der Waals surface area contributed by atoms with E-state index in [1.165, 1.54) is 20.9 Å². The van der Waals surface area contributed by atoms with Crippen LogP contribution in [0, 0.1) is 11.8 Å². The van der Waals surface area contributed by atoms with E-state index < -0.39 is 0 Å². The molecule has 3 rings (SSSR count). The van der Waals surface area contributed by atoms with Gasteiger partial charge in [0.2, 0.25) is 5.91 Å². The molecule has 0 bridgehead atoms. The molecule has 2 N–H and O–H groups in total. The van der Waals surface area contributed by atoms with Crippen LogP contribution in [0.15, 0.2) is 58.3 Å². The van der Waals surface area contributed by atoms with E-state index in [9.17, 15) is 4.79 Å². The van der Waals surface area contributed by atoms with Crippen LogP contribution in [0.1, 0.15) is 37.3 Å². The zero-order valence-corrected chi connectivity index (χ0v) is 13.8. The fraction of sp³-hybridized carbons (Fsp3) is 0.316. The van der Waals surface area contributed by atoms with E-state index in [1.807, 2.05) is 11.8 Å². The maximum atomic E-state index is 11.9. The number of nitrogens with two attached hydrogens (primary N) is 1. The molecule has 0 radical (unpaired) electrons. The summed E-state index contributed by atoms with van der Waals surface area (Å²) in [5, 5.41) is 0. The molecule has 114 valence electrons. The predicted octanol–water partition coefficient (Wildman–Crippen LogP) is 4.43. The molecule has 0 aliphatic carbocycles. The van der Waals surface area contributed by atoms with Crippen molar-refractivity contribution in [3.8, 4) is 0 Å². The average Bonchev–Trinajstić information content (AvgIpc) is 2.50. The third kappa shape index (κ3) is 2.78. The summed E-state index contributed by atoms with van der Waals surface area (Å²) in [7, 11) is 0. The normalized spacial score (nSPS) is 15.2. The summed E-state index contributed by atoms with van der Waals surface area (Å²) in [5.74, 6) is 0.206. The van der Waals surface area contributed by atoms with Crippen LogP contribution in [-0.2, 0) is 4.79 Å². The van der Waals surface area contributed by atoms with Crippen LogP contribution in [0.4, 0.5) is 0 Å². The van der Waals surface area contributed by atoms with E-state index in [2.05, 4.69) is 62.4 Å². The zero-order chi connectivity index (χ0) is 15.7. The van der Waals surface area contributed by atoms with Crippen LogP contribution in [-0.4, -0.2) is 5.91 Å². The second-order valence-electron chi connectivity index (χ2n) is 6.22. The third-order valence-electron chi connectivity index (χ3n) is 4.47. The number of primary amides is 1. The first-order valence-corrected chi connectivity index (χ1v) is 8.54. The van der Waals surface area contributed by atoms with Crippen molar-refractivity contribution in [2.75, 3.05) is 0 Å². The van der Waals surface area contributed by atoms with E-state index in [4.69, 9.17) is 5.73 Å². The van der Waals surface area contributed by atoms with Crippen molar-refractivity contribution in [3.05, 3.63) is 59.7 Å². The molecule has 0 spiro atoms. The summed E-state index contributed by atoms with van der Waals surface area (Å²) < 4.78 is 0. The lowest BCUT2D eigenvalue weighted by Crippen LogP contribution is -2.29. The molecule has 22 heavy (non-hydrogen) atoms. The molecule has 0 fully saturated rings. The maximum Gasteiger partial charge on any atom is 0.220 e. The number of fused-ring (bicyclic) bond motifs is 2. The van der Waals surface area contributed by atoms with Crippen LogP contribution >= 0.6 is 11.8 Å². The Labute approximate surface area is 136 Å². The van der Waals surface area contributed by atoms with Crippen molar-refractivity contribution in [2.45, 2.75) is 36.0 Å². The molecule has 0 aromatic heterocycles. The highest BCUT2D eigenvalue weighted by Gasteiger charge is 2.31. The monoisotopic (exact) mass is 311 g/mol. The second-order valence-corrected chi connectivity index (χ2v) is 7.30. The topological polar surface area (TPSA) is 43.1 Å². The van der Waals surface area contributed by atoms with Crippen LogP contribution < -0.4 is 5.73 Å². The molecular formula is C19H21NOS. The number of carbonyl (C=O) groups excluding carboxylic acids is 1. The Hall–Kier alpha value is -1.74. The molecule has 1 amide bonds. The first-order valence-electron chi connectivity index (χ1n) is 7.73. The van der Waals surface area contributed by atoms with Gasteiger partial charge in [-0.3, -0.25) is 4.79 Å². The number of benzene rings is 2. The quantitative estimate of drug-likeness (QED) is 0.907. The van der Waals surface area contributed by atoms with Gasteiger partial charge in [-0.05, 0) is 35.6 Å². The molecule has 0 saturated heterocycles. The molecule has 2 nitrogen and oxygen atoms in total. The summed E-state index contributed by atoms with van der Waals surface area (Å²) in [6, 6.07) is 17.0. The van der Waals surface area contributed by atoms with Gasteiger partial charge in [0.05, 0.1) is 0 Å². The number of rotatable bonds is 4. The molecule has 1 aliphatic heterocycles. The van der Waals surface area contributed by atoms with Crippen molar-refractivity contribution in [1.29, 1.82) is 0 Å². The van der Waals surface area contributed by atoms with Crippen molar-refractivity contribution < 1.29 is 4.79 Å². The molecule has 1 aliphatic rings. The van der Waals surface area contributed by atoms with Gasteiger partial charge in [-0.15, -0.1) is 0 Å². The minimum absolute atomic E-state index is 0.103. The Morgan fingerprint density at radius 2 is 1.55 bits per heavy atom. The minimum atomic E-state index is -0.191. The lowest BCUT2D eigenvalue weighted by Gasteiger charge is -2.31. The van der Waals surface area contributed by atoms with E-state index in [0.717, 1.165) is 6.42 Å². The first kappa shape index (κ1) is 15.2. The number of hydrogen-bond acceptors (Lipinski definition) is 2. The molecule has 0 unspecified atom stereocenters. The number of amides is 1. The zero-order valence-electron chi connectivity index (χ0n) is 13.0. The lowest BCUT2D eigenvalue weighted by atomic mass is 9.79. The van der Waals surface area contributed by atoms with E-state index in [-0.39, 0.29) is 23.7 Å². The first-order chi connectivity index (χ1) is 10.6. The van der Waals surface area contributed by atoms with Crippen LogP contribution in [0.3, 0.4) is 0 Å². The van der Waals surface area contributed by atoms with Gasteiger partial charge in [0, 0.05) is 21.6 Å². The number of hydrogen-bond donors (Lipinski definition) is 1. The van der Waals surface area contributed by atoms with Gasteiger partial charge in [-0.1, -0.05) is 62.0 Å². The molecule has 1 heterocycles. The Morgan fingerprint density at radius 1 is 1.05 bits per heavy atom. The summed E-state index contributed by atoms with van der Waals surface area (Å²) in [6.45, 7) is 4.15. The Bertz CT molecular complexity index is 650. The SMILES string of the molecule is CC(C)[C@H](CC1c2ccccc2Sc2ccccc21)C(N)=O. The van der Waals surface area contributed by atoms with Gasteiger partial charge in [-0.2, -0.15) is 0 Å². The lowest BCUT2D eigenvalue weighted by molar-refractivity contribution is -0.123. The highest BCUT2D eigenvalue weighted by Crippen LogP contribution is 2.48. The van der Waals surface area contributed by atoms with E-state index in [1.54, 1.807) is 0 Å². The van der Waals surface area contributed by atoms with Gasteiger partial charge < -0.3 is 5.73 Å². The van der Waals surface area contributed by atoms with Crippen molar-refractivity contribution in [3.63, 3.8) is 0 Å². The van der Waals surface area contributed by atoms with Gasteiger partial charge >= 0.3 is 0 Å². The molecular weight excluding hydrogens is 290 g/mol. The summed E-state index contributed by atoms with van der Waals surface area (Å²) in [6.07, 6.45) is 0.779. The molecule has 3 heteroatoms. The Morgan fingerprint density at radius 3 is 2.00 bits per heavy atom. The van der Waals surface area contributed by atoms with Crippen molar-refractivity contribution in [1.82, 2.24) is 0 Å². The van der Waals surface area contributed by atoms with Gasteiger partial charge in [0.25, 0.3) is 0 Å². The molecule has 2 aromatic carbocycles. The largest absolute Gasteiger partial charge is 0.369 e. The van der Waals surface area contributed by atoms with Crippen molar-refractivity contribution in [2.24, 2.45) is 17.6 Å². The molecule has 1 atom stereocenters. The Balaban J connectivity index is 2.04. The predicted molar refractivity (Wildman–Crippen MR) is 91.0 cm³/mol. The van der Waals surface area contributed by atoms with Crippen LogP contribution in [0.2, 0.25) is 0 Å². The summed E-state index contributed by atoms with van der Waals surface area (Å²) >= 11 is 1.81. The number of carbonyl (C=O) groups is 1. The minimum Gasteiger partial charge on any atom is -0.369 e. The van der Waals surface area contributed by atoms with Gasteiger partial charge in [0.15, 0.2) is 0 Å². The Kier molecular flexibility index (Phi) is 4.25. The molecule has 0 saturated carbocycles. The second kappa shape index (κ2) is 6.17. The maximum absolute atomic E-state index is 11.9. The van der Waals surface area contributed by atoms with Gasteiger partial charge in [0.1, 0.15) is 0 Å². The van der Waals surface area contributed by atoms with E-state index in [0.29, 0.717) is 0 Å². The van der Waals surface area contributed by atoms with E-state index >= 15 is 0 Å². The van der Waals surface area contributed by atoms with Crippen LogP contribution in [0.25, 0.3) is 0 Å². The standard InChI is InChI=1S/C19H21NOS/c1-12(2)15(19(20)21)11-16-13-7-3-5-9-17(13)22-18-10-6-4-8-14(16)18/h3-10,12,15-16H,11H2,1-2H3,(H2,20,21)/t15-/m0/s1. The van der Waals surface area contributed by atoms with Gasteiger partial charge in [-0.25, -0.2) is 0 Å². The molecule has 2 aromatic rings. The van der Waals surface area contributed by atoms with Crippen molar-refractivity contribution >= 4 is 17.7 Å². The third-order valence-corrected chi connectivity index (χ3v) is 5.65. The fourth-order valence-electron chi connectivity index (χ4n) is 3.23. The highest BCUT2D eigenvalue weighted by molar-refractivity contribution is 7.99. The highest BCUT2D eigenvalue weighted by atomic mass is 32.2. The average molecular weight is 311 g/mol. The summed E-state index contributed by atoms with van der Waals surface area (Å²) in [5.41, 5.74) is 8.29. The summed E-state index contributed by atoms with van der Waals surface area (Å²) in [4.78, 5) is 14.4.